The number of aliphatic hydroxyl groups excluding tert-OH is 1. The second-order valence-electron chi connectivity index (χ2n) is 12.2. The Morgan fingerprint density at radius 1 is 0.695 bits per heavy atom. The summed E-state index contributed by atoms with van der Waals surface area (Å²) >= 11 is 28.9. The van der Waals surface area contributed by atoms with Crippen molar-refractivity contribution in [3.63, 3.8) is 0 Å². The van der Waals surface area contributed by atoms with Crippen LogP contribution in [0.25, 0.3) is 11.1 Å². The quantitative estimate of drug-likeness (QED) is 0.133. The molecule has 0 saturated carbocycles. The summed E-state index contributed by atoms with van der Waals surface area (Å²) in [5, 5.41) is 9.43. The van der Waals surface area contributed by atoms with Gasteiger partial charge in [-0.3, -0.25) is 9.59 Å². The van der Waals surface area contributed by atoms with Crippen LogP contribution in [0.15, 0.2) is 35.8 Å². The van der Waals surface area contributed by atoms with E-state index in [-0.39, 0.29) is 53.9 Å². The molecule has 2 unspecified atom stereocenters. The van der Waals surface area contributed by atoms with Gasteiger partial charge in [0, 0.05) is 35.8 Å². The van der Waals surface area contributed by atoms with Crippen LogP contribution in [0.5, 0.6) is 11.5 Å². The summed E-state index contributed by atoms with van der Waals surface area (Å²) in [5.41, 5.74) is -1.23. The van der Waals surface area contributed by atoms with E-state index in [1.807, 2.05) is 0 Å². The Labute approximate surface area is 355 Å². The Morgan fingerprint density at radius 3 is 1.49 bits per heavy atom. The molecule has 6 rings (SSSR count). The molecule has 59 heavy (non-hydrogen) atoms. The summed E-state index contributed by atoms with van der Waals surface area (Å²) in [6.45, 7) is 0.899. The molecule has 23 heteroatoms. The molecule has 12 nitrogen and oxygen atoms in total. The minimum atomic E-state index is -4.95. The van der Waals surface area contributed by atoms with Crippen LogP contribution in [0.4, 0.5) is 35.9 Å². The fraction of sp³-hybridized carbons (Fsp3) is 0.333. The van der Waals surface area contributed by atoms with E-state index >= 15 is 0 Å². The third-order valence-corrected chi connectivity index (χ3v) is 9.82. The van der Waals surface area contributed by atoms with Crippen LogP contribution in [0.1, 0.15) is 49.7 Å². The maximum absolute atomic E-state index is 13.0. The third-order valence-electron chi connectivity index (χ3n) is 8.55. The number of nitrogens with zero attached hydrogens (tertiary/aromatic N) is 2. The smallest absolute Gasteiger partial charge is 0.509 e. The number of carbonyl (C=O) groups excluding carboxylic acids is 4. The predicted molar refractivity (Wildman–Crippen MR) is 199 cm³/mol. The standard InChI is InChI=1S/C18H12Cl2F3NO5.C15H12Cl2F3NO3.C3HClO2/c1-2-27-17(26)28-15-12-5-3-4-6-24(12)16(25)14(15)13-10(19)7-9(8-11(13)20)29-18(21,22)23;16-8-5-7(24-15(18,19)20)6-9(17)11(8)12-13(22)10-3-1-2-4-21(10)14(12)23;1-2-6-3(4)5/h1,7-8,12H,3-6H2;5-6,10,22H,1-4H2;1H. The van der Waals surface area contributed by atoms with Crippen molar-refractivity contribution >= 4 is 92.5 Å². The van der Waals surface area contributed by atoms with Gasteiger partial charge in [0.1, 0.15) is 35.2 Å². The summed E-state index contributed by atoms with van der Waals surface area (Å²) in [6, 6.07) is 2.56. The van der Waals surface area contributed by atoms with E-state index in [0.29, 0.717) is 25.9 Å². The lowest BCUT2D eigenvalue weighted by molar-refractivity contribution is -0.275. The number of ether oxygens (including phenoxy) is 5. The first-order valence-electron chi connectivity index (χ1n) is 16.5. The Kier molecular flexibility index (Phi) is 15.5. The van der Waals surface area contributed by atoms with E-state index in [1.54, 1.807) is 12.2 Å². The summed E-state index contributed by atoms with van der Waals surface area (Å²) in [7, 11) is 0. The van der Waals surface area contributed by atoms with Gasteiger partial charge in [-0.25, -0.2) is 9.59 Å². The van der Waals surface area contributed by atoms with E-state index in [9.17, 15) is 50.6 Å². The van der Waals surface area contributed by atoms with E-state index in [0.717, 1.165) is 49.9 Å². The van der Waals surface area contributed by atoms with Crippen LogP contribution in [0.2, 0.25) is 20.1 Å². The zero-order chi connectivity index (χ0) is 44.0. The SMILES string of the molecule is C#COC(=O)Cl.C#COC(=O)OC1=C(c2c(Cl)cc(OC(F)(F)F)cc2Cl)C(=O)N2CCCCC12.O=C1C(c2c(Cl)cc(OC(F)(F)F)cc2Cl)=C(O)C2CCCCN12. The van der Waals surface area contributed by atoms with Crippen molar-refractivity contribution in [3.05, 3.63) is 67.0 Å². The van der Waals surface area contributed by atoms with Gasteiger partial charge in [-0.1, -0.05) is 59.3 Å². The minimum absolute atomic E-state index is 0.0183. The molecule has 2 saturated heterocycles. The van der Waals surface area contributed by atoms with Crippen molar-refractivity contribution in [1.82, 2.24) is 9.80 Å². The number of fused-ring (bicyclic) bond motifs is 2. The number of hydrogen-bond donors (Lipinski definition) is 1. The van der Waals surface area contributed by atoms with Crippen LogP contribution in [0, 0.1) is 25.1 Å². The number of alkyl halides is 6. The van der Waals surface area contributed by atoms with Crippen LogP contribution >= 0.6 is 58.0 Å². The molecule has 4 aliphatic heterocycles. The Bertz CT molecular complexity index is 2120. The Balaban J connectivity index is 0.000000232. The van der Waals surface area contributed by atoms with Crippen LogP contribution in [-0.2, 0) is 23.8 Å². The van der Waals surface area contributed by atoms with Crippen molar-refractivity contribution in [2.45, 2.75) is 63.3 Å². The van der Waals surface area contributed by atoms with Gasteiger partial charge in [0.15, 0.2) is 0 Å². The molecular weight excluding hydrogens is 912 g/mol. The first kappa shape index (κ1) is 46.8. The minimum Gasteiger partial charge on any atom is -0.509 e. The average Bonchev–Trinajstić information content (AvgIpc) is 3.52. The number of piperidine rings is 2. The molecule has 4 heterocycles. The number of rotatable bonds is 5. The number of benzene rings is 2. The summed E-state index contributed by atoms with van der Waals surface area (Å²) in [6.07, 6.45) is 5.83. The molecule has 316 valence electrons. The monoisotopic (exact) mass is 934 g/mol. The molecule has 2 amide bonds. The number of aliphatic hydroxyl groups is 1. The van der Waals surface area contributed by atoms with E-state index < -0.39 is 59.7 Å². The molecule has 2 aromatic rings. The lowest BCUT2D eigenvalue weighted by Gasteiger charge is -2.30. The van der Waals surface area contributed by atoms with E-state index in [1.165, 1.54) is 9.80 Å². The highest BCUT2D eigenvalue weighted by molar-refractivity contribution is 6.61. The van der Waals surface area contributed by atoms with Gasteiger partial charge >= 0.3 is 24.3 Å². The van der Waals surface area contributed by atoms with Crippen LogP contribution in [-0.4, -0.2) is 76.2 Å². The van der Waals surface area contributed by atoms with Crippen molar-refractivity contribution in [3.8, 4) is 36.6 Å². The summed E-state index contributed by atoms with van der Waals surface area (Å²) in [4.78, 5) is 49.7. The van der Waals surface area contributed by atoms with Gasteiger partial charge in [0.05, 0.1) is 43.3 Å². The lowest BCUT2D eigenvalue weighted by Crippen LogP contribution is -2.40. The highest BCUT2D eigenvalue weighted by atomic mass is 35.5. The first-order chi connectivity index (χ1) is 27.6. The van der Waals surface area contributed by atoms with E-state index in [2.05, 4.69) is 37.0 Å². The third kappa shape index (κ3) is 11.7. The molecular formula is C36H25Cl5F6N2O10. The number of hydrogen-bond acceptors (Lipinski definition) is 10. The van der Waals surface area contributed by atoms with Crippen LogP contribution in [0.3, 0.4) is 0 Å². The van der Waals surface area contributed by atoms with Crippen LogP contribution < -0.4 is 9.47 Å². The molecule has 4 aliphatic rings. The van der Waals surface area contributed by atoms with Crippen molar-refractivity contribution in [1.29, 1.82) is 0 Å². The lowest BCUT2D eigenvalue weighted by atomic mass is 10.0. The molecule has 0 bridgehead atoms. The highest BCUT2D eigenvalue weighted by Gasteiger charge is 2.46. The first-order valence-corrected chi connectivity index (χ1v) is 18.4. The van der Waals surface area contributed by atoms with Gasteiger partial charge in [-0.05, 0) is 62.8 Å². The van der Waals surface area contributed by atoms with Crippen molar-refractivity contribution in [2.75, 3.05) is 13.1 Å². The van der Waals surface area contributed by atoms with Gasteiger partial charge in [-0.15, -0.1) is 26.3 Å². The molecule has 0 aliphatic carbocycles. The molecule has 0 aromatic heterocycles. The maximum Gasteiger partial charge on any atom is 0.573 e. The number of amides is 2. The molecule has 2 aromatic carbocycles. The topological polar surface area (TPSA) is 141 Å². The summed E-state index contributed by atoms with van der Waals surface area (Å²) < 4.78 is 95.2. The molecule has 0 spiro atoms. The Hall–Kier alpha value is -4.85. The van der Waals surface area contributed by atoms with Gasteiger partial charge < -0.3 is 38.6 Å². The predicted octanol–water partition coefficient (Wildman–Crippen LogP) is 10.2. The molecule has 1 N–H and O–H groups in total. The largest absolute Gasteiger partial charge is 0.573 e. The van der Waals surface area contributed by atoms with Gasteiger partial charge in [0.2, 0.25) is 0 Å². The number of halogens is 11. The van der Waals surface area contributed by atoms with Crippen molar-refractivity contribution in [2.24, 2.45) is 0 Å². The fourth-order valence-corrected chi connectivity index (χ4v) is 7.85. The zero-order valence-corrected chi connectivity index (χ0v) is 33.2. The molecule has 0 radical (unpaired) electrons. The van der Waals surface area contributed by atoms with Gasteiger partial charge in [-0.2, -0.15) is 0 Å². The molecule has 2 atom stereocenters. The maximum atomic E-state index is 13.0. The molecule has 2 fully saturated rings. The van der Waals surface area contributed by atoms with Gasteiger partial charge in [0.25, 0.3) is 11.8 Å². The second kappa shape index (κ2) is 19.5. The van der Waals surface area contributed by atoms with E-state index in [4.69, 9.17) is 57.6 Å². The van der Waals surface area contributed by atoms with Crippen molar-refractivity contribution < 1.29 is 74.3 Å². The Morgan fingerprint density at radius 2 is 1.10 bits per heavy atom. The zero-order valence-electron chi connectivity index (χ0n) is 29.4. The number of terminal acetylenes is 2. The second-order valence-corrected chi connectivity index (χ2v) is 14.1. The summed E-state index contributed by atoms with van der Waals surface area (Å²) in [5.74, 6) is -2.41. The normalized spacial score (nSPS) is 18.6. The number of carbonyl (C=O) groups is 4. The highest BCUT2D eigenvalue weighted by Crippen LogP contribution is 2.46. The average molecular weight is 937 g/mol. The fourth-order valence-electron chi connectivity index (χ4n) is 6.49.